The Labute approximate surface area is 92.6 Å². The lowest BCUT2D eigenvalue weighted by Crippen LogP contribution is -2.10. The smallest absolute Gasteiger partial charge is 0.310 e. The van der Waals surface area contributed by atoms with Crippen molar-refractivity contribution in [1.82, 2.24) is 0 Å². The number of ether oxygens (including phenoxy) is 2. The van der Waals surface area contributed by atoms with Crippen LogP contribution < -0.4 is 9.47 Å². The van der Waals surface area contributed by atoms with Crippen molar-refractivity contribution < 1.29 is 23.8 Å². The summed E-state index contributed by atoms with van der Waals surface area (Å²) >= 11 is 0. The van der Waals surface area contributed by atoms with Crippen molar-refractivity contribution in [3.63, 3.8) is 0 Å². The van der Waals surface area contributed by atoms with E-state index in [0.29, 0.717) is 0 Å². The molecule has 0 aliphatic rings. The summed E-state index contributed by atoms with van der Waals surface area (Å²) in [6.45, 7) is 1.41. The van der Waals surface area contributed by atoms with Crippen LogP contribution in [-0.4, -0.2) is 25.3 Å². The molecule has 4 nitrogen and oxygen atoms in total. The van der Waals surface area contributed by atoms with Gasteiger partial charge >= 0.3 is 5.97 Å². The second-order valence-corrected chi connectivity index (χ2v) is 3.26. The first kappa shape index (κ1) is 12.3. The van der Waals surface area contributed by atoms with Gasteiger partial charge < -0.3 is 14.6 Å². The highest BCUT2D eigenvalue weighted by atomic mass is 19.1. The molecule has 0 radical (unpaired) electrons. The van der Waals surface area contributed by atoms with Crippen LogP contribution in [0.15, 0.2) is 12.1 Å². The van der Waals surface area contributed by atoms with Gasteiger partial charge in [0.1, 0.15) is 0 Å². The number of methoxy groups -OCH3 is 2. The zero-order valence-corrected chi connectivity index (χ0v) is 9.28. The third-order valence-corrected chi connectivity index (χ3v) is 2.35. The van der Waals surface area contributed by atoms with E-state index in [2.05, 4.69) is 0 Å². The molecule has 88 valence electrons. The molecule has 0 heterocycles. The van der Waals surface area contributed by atoms with E-state index < -0.39 is 17.7 Å². The van der Waals surface area contributed by atoms with Gasteiger partial charge in [-0.1, -0.05) is 6.07 Å². The highest BCUT2D eigenvalue weighted by molar-refractivity contribution is 5.76. The number of carboxylic acids is 1. The Morgan fingerprint density at radius 1 is 1.38 bits per heavy atom. The van der Waals surface area contributed by atoms with Crippen LogP contribution in [0.1, 0.15) is 18.4 Å². The SMILES string of the molecule is COc1ccc(C(C)C(=O)O)c(F)c1OC. The summed E-state index contributed by atoms with van der Waals surface area (Å²) in [4.78, 5) is 10.8. The van der Waals surface area contributed by atoms with Crippen molar-refractivity contribution in [3.05, 3.63) is 23.5 Å². The molecule has 0 bridgehead atoms. The molecule has 16 heavy (non-hydrogen) atoms. The Hall–Kier alpha value is -1.78. The van der Waals surface area contributed by atoms with Crippen LogP contribution in [-0.2, 0) is 4.79 Å². The summed E-state index contributed by atoms with van der Waals surface area (Å²) in [7, 11) is 2.69. The maximum atomic E-state index is 13.9. The van der Waals surface area contributed by atoms with Gasteiger partial charge in [0.2, 0.25) is 0 Å². The molecule has 0 aliphatic carbocycles. The van der Waals surface area contributed by atoms with E-state index in [0.717, 1.165) is 0 Å². The van der Waals surface area contributed by atoms with Crippen LogP contribution >= 0.6 is 0 Å². The van der Waals surface area contributed by atoms with Crippen molar-refractivity contribution >= 4 is 5.97 Å². The molecule has 0 fully saturated rings. The second kappa shape index (κ2) is 4.83. The van der Waals surface area contributed by atoms with E-state index in [4.69, 9.17) is 14.6 Å². The first-order valence-electron chi connectivity index (χ1n) is 4.66. The molecule has 0 aliphatic heterocycles. The summed E-state index contributed by atoms with van der Waals surface area (Å²) in [5, 5.41) is 8.81. The zero-order chi connectivity index (χ0) is 12.3. The summed E-state index contributed by atoms with van der Waals surface area (Å²) in [5.41, 5.74) is 0.0742. The summed E-state index contributed by atoms with van der Waals surface area (Å²) in [5.74, 6) is -2.56. The zero-order valence-electron chi connectivity index (χ0n) is 9.28. The normalized spacial score (nSPS) is 12.0. The number of aliphatic carboxylic acids is 1. The molecule has 0 saturated heterocycles. The van der Waals surface area contributed by atoms with Crippen LogP contribution in [0, 0.1) is 5.82 Å². The fraction of sp³-hybridized carbons (Fsp3) is 0.364. The van der Waals surface area contributed by atoms with E-state index in [1.807, 2.05) is 0 Å². The monoisotopic (exact) mass is 228 g/mol. The van der Waals surface area contributed by atoms with E-state index >= 15 is 0 Å². The number of halogens is 1. The Morgan fingerprint density at radius 3 is 2.44 bits per heavy atom. The van der Waals surface area contributed by atoms with Crippen molar-refractivity contribution in [2.75, 3.05) is 14.2 Å². The molecule has 1 unspecified atom stereocenters. The fourth-order valence-electron chi connectivity index (χ4n) is 1.37. The molecule has 1 aromatic carbocycles. The average molecular weight is 228 g/mol. The Bertz CT molecular complexity index is 403. The lowest BCUT2D eigenvalue weighted by molar-refractivity contribution is -0.138. The first-order chi connectivity index (χ1) is 7.52. The van der Waals surface area contributed by atoms with Crippen LogP contribution in [0.5, 0.6) is 11.5 Å². The van der Waals surface area contributed by atoms with Crippen molar-refractivity contribution in [3.8, 4) is 11.5 Å². The van der Waals surface area contributed by atoms with Gasteiger partial charge in [0.05, 0.1) is 20.1 Å². The van der Waals surface area contributed by atoms with E-state index in [-0.39, 0.29) is 17.1 Å². The van der Waals surface area contributed by atoms with Crippen molar-refractivity contribution in [2.24, 2.45) is 0 Å². The van der Waals surface area contributed by atoms with E-state index in [9.17, 15) is 9.18 Å². The molecule has 0 saturated carbocycles. The van der Waals surface area contributed by atoms with Crippen molar-refractivity contribution in [1.29, 1.82) is 0 Å². The minimum Gasteiger partial charge on any atom is -0.493 e. The van der Waals surface area contributed by atoms with Gasteiger partial charge in [0.15, 0.2) is 17.3 Å². The molecule has 1 aromatic rings. The maximum absolute atomic E-state index is 13.9. The predicted molar refractivity (Wildman–Crippen MR) is 55.6 cm³/mol. The third kappa shape index (κ3) is 2.08. The second-order valence-electron chi connectivity index (χ2n) is 3.26. The largest absolute Gasteiger partial charge is 0.493 e. The molecule has 1 atom stereocenters. The van der Waals surface area contributed by atoms with Crippen LogP contribution in [0.25, 0.3) is 0 Å². The molecule has 5 heteroatoms. The highest BCUT2D eigenvalue weighted by Crippen LogP contribution is 2.34. The molecule has 0 aromatic heterocycles. The number of hydrogen-bond acceptors (Lipinski definition) is 3. The van der Waals surface area contributed by atoms with Gasteiger partial charge in [-0.15, -0.1) is 0 Å². The van der Waals surface area contributed by atoms with E-state index in [1.54, 1.807) is 0 Å². The number of benzene rings is 1. The van der Waals surface area contributed by atoms with Gasteiger partial charge in [-0.3, -0.25) is 4.79 Å². The molecule has 1 rings (SSSR count). The first-order valence-corrected chi connectivity index (χ1v) is 4.66. The fourth-order valence-corrected chi connectivity index (χ4v) is 1.37. The minimum atomic E-state index is -1.09. The summed E-state index contributed by atoms with van der Waals surface area (Å²) in [6, 6.07) is 2.87. The van der Waals surface area contributed by atoms with Gasteiger partial charge in [0.25, 0.3) is 0 Å². The highest BCUT2D eigenvalue weighted by Gasteiger charge is 2.22. The third-order valence-electron chi connectivity index (χ3n) is 2.35. The van der Waals surface area contributed by atoms with Gasteiger partial charge in [0, 0.05) is 5.56 Å². The van der Waals surface area contributed by atoms with Crippen LogP contribution in [0.2, 0.25) is 0 Å². The topological polar surface area (TPSA) is 55.8 Å². The number of carbonyl (C=O) groups is 1. The lowest BCUT2D eigenvalue weighted by atomic mass is 10.00. The summed E-state index contributed by atoms with van der Waals surface area (Å²) in [6.07, 6.45) is 0. The quantitative estimate of drug-likeness (QED) is 0.856. The molecule has 0 amide bonds. The van der Waals surface area contributed by atoms with Gasteiger partial charge in [-0.05, 0) is 13.0 Å². The van der Waals surface area contributed by atoms with E-state index in [1.165, 1.54) is 33.3 Å². The number of carboxylic acid groups (broad SMARTS) is 1. The van der Waals surface area contributed by atoms with Gasteiger partial charge in [-0.2, -0.15) is 0 Å². The number of rotatable bonds is 4. The standard InChI is InChI=1S/C11H13FO4/c1-6(11(13)14)7-4-5-8(15-2)10(16-3)9(7)12/h4-6H,1-3H3,(H,13,14). The lowest BCUT2D eigenvalue weighted by Gasteiger charge is -2.13. The van der Waals surface area contributed by atoms with Crippen LogP contribution in [0.4, 0.5) is 4.39 Å². The van der Waals surface area contributed by atoms with Crippen molar-refractivity contribution in [2.45, 2.75) is 12.8 Å². The molecule has 0 spiro atoms. The number of hydrogen-bond donors (Lipinski definition) is 1. The molecule has 1 N–H and O–H groups in total. The van der Waals surface area contributed by atoms with Gasteiger partial charge in [-0.25, -0.2) is 4.39 Å². The Kier molecular flexibility index (Phi) is 3.71. The maximum Gasteiger partial charge on any atom is 0.310 e. The summed E-state index contributed by atoms with van der Waals surface area (Å²) < 4.78 is 23.6. The molecular formula is C11H13FO4. The Balaban J connectivity index is 3.29. The van der Waals surface area contributed by atoms with Crippen LogP contribution in [0.3, 0.4) is 0 Å². The Morgan fingerprint density at radius 2 is 2.00 bits per heavy atom. The predicted octanol–water partition coefficient (Wildman–Crippen LogP) is 2.03. The minimum absolute atomic E-state index is 0.0742. The molecular weight excluding hydrogens is 215 g/mol. The average Bonchev–Trinajstić information content (AvgIpc) is 2.27.